The zero-order chi connectivity index (χ0) is 14.0. The van der Waals surface area contributed by atoms with E-state index < -0.39 is 0 Å². The van der Waals surface area contributed by atoms with Crippen molar-refractivity contribution in [1.29, 1.82) is 5.26 Å². The first-order valence-corrected chi connectivity index (χ1v) is 6.72. The third-order valence-corrected chi connectivity index (χ3v) is 3.52. The van der Waals surface area contributed by atoms with Gasteiger partial charge in [0.05, 0.1) is 11.3 Å². The molecule has 4 heteroatoms. The number of aryl methyl sites for hydroxylation is 3. The van der Waals surface area contributed by atoms with Gasteiger partial charge >= 0.3 is 0 Å². The van der Waals surface area contributed by atoms with Gasteiger partial charge in [0.1, 0.15) is 11.9 Å². The minimum atomic E-state index is 0.582. The summed E-state index contributed by atoms with van der Waals surface area (Å²) >= 11 is 3.50. The maximum Gasteiger partial charge on any atom is 0.148 e. The number of halogens is 1. The van der Waals surface area contributed by atoms with Gasteiger partial charge in [0, 0.05) is 10.2 Å². The van der Waals surface area contributed by atoms with E-state index in [-0.39, 0.29) is 0 Å². The van der Waals surface area contributed by atoms with Crippen LogP contribution in [-0.4, -0.2) is 4.98 Å². The van der Waals surface area contributed by atoms with Crippen LogP contribution in [0.1, 0.15) is 22.4 Å². The molecular formula is C15H14BrN3. The highest BCUT2D eigenvalue weighted by Gasteiger charge is 2.10. The van der Waals surface area contributed by atoms with Crippen molar-refractivity contribution < 1.29 is 0 Å². The number of pyridine rings is 1. The first-order chi connectivity index (χ1) is 9.01. The molecule has 0 spiro atoms. The van der Waals surface area contributed by atoms with Crippen LogP contribution in [0.4, 0.5) is 11.5 Å². The number of nitriles is 1. The Morgan fingerprint density at radius 1 is 1.21 bits per heavy atom. The molecule has 1 N–H and O–H groups in total. The number of aromatic nitrogens is 1. The molecule has 0 saturated heterocycles. The van der Waals surface area contributed by atoms with E-state index in [1.54, 1.807) is 0 Å². The van der Waals surface area contributed by atoms with Gasteiger partial charge in [-0.05, 0) is 66.0 Å². The van der Waals surface area contributed by atoms with Crippen LogP contribution in [0.3, 0.4) is 0 Å². The summed E-state index contributed by atoms with van der Waals surface area (Å²) in [5.74, 6) is 0.603. The molecule has 0 aliphatic heterocycles. The first-order valence-electron chi connectivity index (χ1n) is 5.93. The Morgan fingerprint density at radius 2 is 1.95 bits per heavy atom. The summed E-state index contributed by atoms with van der Waals surface area (Å²) in [5.41, 5.74) is 4.46. The lowest BCUT2D eigenvalue weighted by Crippen LogP contribution is -2.01. The maximum absolute atomic E-state index is 9.25. The fourth-order valence-corrected chi connectivity index (χ4v) is 2.28. The number of nitrogens with one attached hydrogen (secondary N) is 1. The smallest absolute Gasteiger partial charge is 0.148 e. The second kappa shape index (κ2) is 5.41. The molecule has 0 fully saturated rings. The van der Waals surface area contributed by atoms with Crippen molar-refractivity contribution in [3.8, 4) is 6.07 Å². The Bertz CT molecular complexity index is 672. The average Bonchev–Trinajstić information content (AvgIpc) is 2.33. The van der Waals surface area contributed by atoms with Crippen LogP contribution < -0.4 is 5.32 Å². The zero-order valence-electron chi connectivity index (χ0n) is 11.1. The summed E-state index contributed by atoms with van der Waals surface area (Å²) in [6.07, 6.45) is 0. The van der Waals surface area contributed by atoms with E-state index in [2.05, 4.69) is 32.3 Å². The van der Waals surface area contributed by atoms with Crippen molar-refractivity contribution in [1.82, 2.24) is 4.98 Å². The van der Waals surface area contributed by atoms with Crippen LogP contribution in [0.2, 0.25) is 0 Å². The summed E-state index contributed by atoms with van der Waals surface area (Å²) < 4.78 is 0.947. The Hall–Kier alpha value is -1.86. The van der Waals surface area contributed by atoms with E-state index in [4.69, 9.17) is 0 Å². The third-order valence-electron chi connectivity index (χ3n) is 2.83. The van der Waals surface area contributed by atoms with Crippen LogP contribution >= 0.6 is 15.9 Å². The fourth-order valence-electron chi connectivity index (χ4n) is 1.93. The van der Waals surface area contributed by atoms with E-state index in [9.17, 15) is 5.26 Å². The molecule has 96 valence electrons. The Morgan fingerprint density at radius 3 is 2.63 bits per heavy atom. The average molecular weight is 316 g/mol. The van der Waals surface area contributed by atoms with E-state index >= 15 is 0 Å². The Labute approximate surface area is 121 Å². The topological polar surface area (TPSA) is 48.7 Å². The first kappa shape index (κ1) is 13.6. The van der Waals surface area contributed by atoms with Gasteiger partial charge in [-0.3, -0.25) is 0 Å². The molecule has 0 aliphatic rings. The third kappa shape index (κ3) is 2.94. The van der Waals surface area contributed by atoms with Gasteiger partial charge in [-0.2, -0.15) is 5.26 Å². The second-order valence-electron chi connectivity index (χ2n) is 4.52. The van der Waals surface area contributed by atoms with E-state index in [0.717, 1.165) is 27.0 Å². The van der Waals surface area contributed by atoms with E-state index in [1.807, 2.05) is 45.0 Å². The number of anilines is 2. The molecule has 2 aromatic rings. The van der Waals surface area contributed by atoms with Crippen molar-refractivity contribution in [3.05, 3.63) is 51.1 Å². The molecular weight excluding hydrogens is 302 g/mol. The molecule has 1 aromatic carbocycles. The quantitative estimate of drug-likeness (QED) is 0.894. The molecule has 0 radical (unpaired) electrons. The van der Waals surface area contributed by atoms with E-state index in [1.165, 1.54) is 0 Å². The largest absolute Gasteiger partial charge is 0.338 e. The lowest BCUT2D eigenvalue weighted by Gasteiger charge is -2.12. The highest BCUT2D eigenvalue weighted by atomic mass is 79.9. The summed E-state index contributed by atoms with van der Waals surface area (Å²) in [6.45, 7) is 5.87. The van der Waals surface area contributed by atoms with Gasteiger partial charge in [-0.1, -0.05) is 6.07 Å². The Kier molecular flexibility index (Phi) is 3.87. The normalized spacial score (nSPS) is 10.1. The van der Waals surface area contributed by atoms with Crippen LogP contribution in [0.5, 0.6) is 0 Å². The number of rotatable bonds is 2. The highest BCUT2D eigenvalue weighted by molar-refractivity contribution is 9.10. The summed E-state index contributed by atoms with van der Waals surface area (Å²) in [4.78, 5) is 4.42. The molecule has 1 heterocycles. The lowest BCUT2D eigenvalue weighted by molar-refractivity contribution is 1.16. The molecule has 0 aliphatic carbocycles. The fraction of sp³-hybridized carbons (Fsp3) is 0.200. The second-order valence-corrected chi connectivity index (χ2v) is 5.38. The summed E-state index contributed by atoms with van der Waals surface area (Å²) in [7, 11) is 0. The molecule has 0 amide bonds. The molecule has 0 unspecified atom stereocenters. The predicted molar refractivity (Wildman–Crippen MR) is 80.6 cm³/mol. The van der Waals surface area contributed by atoms with Crippen LogP contribution in [0.15, 0.2) is 28.7 Å². The number of hydrogen-bond acceptors (Lipinski definition) is 3. The van der Waals surface area contributed by atoms with Crippen molar-refractivity contribution in [2.75, 3.05) is 5.32 Å². The van der Waals surface area contributed by atoms with Crippen molar-refractivity contribution in [2.45, 2.75) is 20.8 Å². The lowest BCUT2D eigenvalue weighted by atomic mass is 10.1. The molecule has 3 nitrogen and oxygen atoms in total. The molecule has 0 bridgehead atoms. The van der Waals surface area contributed by atoms with Gasteiger partial charge < -0.3 is 5.32 Å². The molecule has 19 heavy (non-hydrogen) atoms. The maximum atomic E-state index is 9.25. The molecule has 1 aromatic heterocycles. The van der Waals surface area contributed by atoms with Gasteiger partial charge in [-0.15, -0.1) is 0 Å². The molecule has 0 atom stereocenters. The zero-order valence-corrected chi connectivity index (χ0v) is 12.7. The van der Waals surface area contributed by atoms with Gasteiger partial charge in [0.15, 0.2) is 0 Å². The van der Waals surface area contributed by atoms with Crippen LogP contribution in [0, 0.1) is 32.1 Å². The van der Waals surface area contributed by atoms with Gasteiger partial charge in [-0.25, -0.2) is 4.98 Å². The monoisotopic (exact) mass is 315 g/mol. The number of nitrogens with zero attached hydrogens (tertiary/aromatic N) is 2. The van der Waals surface area contributed by atoms with Crippen molar-refractivity contribution >= 4 is 27.4 Å². The summed E-state index contributed by atoms with van der Waals surface area (Å²) in [6, 6.07) is 10.1. The predicted octanol–water partition coefficient (Wildman–Crippen LogP) is 4.38. The van der Waals surface area contributed by atoms with Gasteiger partial charge in [0.2, 0.25) is 0 Å². The van der Waals surface area contributed by atoms with Crippen LogP contribution in [-0.2, 0) is 0 Å². The molecule has 0 saturated carbocycles. The number of benzene rings is 1. The van der Waals surface area contributed by atoms with Crippen molar-refractivity contribution in [3.63, 3.8) is 0 Å². The Balaban J connectivity index is 2.49. The standard InChI is InChI=1S/C15H14BrN3/c1-9-4-5-13(16)14(6-9)19-15-12(8-17)10(2)7-11(3)18-15/h4-7H,1-3H3,(H,18,19). The molecule has 2 rings (SSSR count). The summed E-state index contributed by atoms with van der Waals surface area (Å²) in [5, 5.41) is 12.5. The van der Waals surface area contributed by atoms with E-state index in [0.29, 0.717) is 11.4 Å². The minimum Gasteiger partial charge on any atom is -0.338 e. The van der Waals surface area contributed by atoms with Gasteiger partial charge in [0.25, 0.3) is 0 Å². The number of hydrogen-bond donors (Lipinski definition) is 1. The minimum absolute atomic E-state index is 0.582. The highest BCUT2D eigenvalue weighted by Crippen LogP contribution is 2.28. The van der Waals surface area contributed by atoms with Crippen molar-refractivity contribution in [2.24, 2.45) is 0 Å². The SMILES string of the molecule is Cc1ccc(Br)c(Nc2nc(C)cc(C)c2C#N)c1. The van der Waals surface area contributed by atoms with Crippen LogP contribution in [0.25, 0.3) is 0 Å².